The van der Waals surface area contributed by atoms with Crippen molar-refractivity contribution in [3.63, 3.8) is 0 Å². The van der Waals surface area contributed by atoms with Gasteiger partial charge in [-0.3, -0.25) is 4.79 Å². The molecule has 0 aromatic carbocycles. The zero-order chi connectivity index (χ0) is 17.5. The van der Waals surface area contributed by atoms with E-state index in [0.29, 0.717) is 25.9 Å². The highest BCUT2D eigenvalue weighted by molar-refractivity contribution is 7.81. The predicted octanol–water partition coefficient (Wildman–Crippen LogP) is -1.73. The van der Waals surface area contributed by atoms with E-state index in [9.17, 15) is 18.0 Å². The minimum atomic E-state index is -4.49. The Morgan fingerprint density at radius 1 is 1.17 bits per heavy atom. The van der Waals surface area contributed by atoms with Crippen molar-refractivity contribution < 1.29 is 26.6 Å². The molecule has 136 valence electrons. The van der Waals surface area contributed by atoms with E-state index in [2.05, 4.69) is 14.5 Å². The molecule has 0 aromatic rings. The molecule has 0 saturated carbocycles. The molecule has 3 saturated heterocycles. The summed E-state index contributed by atoms with van der Waals surface area (Å²) in [4.78, 5) is 28.2. The quantitative estimate of drug-likeness (QED) is 0.560. The second kappa shape index (κ2) is 6.44. The van der Waals surface area contributed by atoms with Gasteiger partial charge >= 0.3 is 16.4 Å². The fourth-order valence-electron chi connectivity index (χ4n) is 3.43. The first kappa shape index (κ1) is 17.4. The van der Waals surface area contributed by atoms with Crippen LogP contribution in [0.25, 0.3) is 0 Å². The highest BCUT2D eigenvalue weighted by atomic mass is 32.3. The fourth-order valence-corrected chi connectivity index (χ4v) is 3.85. The molecular formula is C12H21N5O6S. The van der Waals surface area contributed by atoms with E-state index in [0.717, 1.165) is 17.9 Å². The molecule has 3 heterocycles. The molecule has 0 radical (unpaired) electrons. The predicted molar refractivity (Wildman–Crippen MR) is 79.8 cm³/mol. The maximum Gasteiger partial charge on any atom is 0.437 e. The molecule has 0 spiro atoms. The SMILES string of the molecule is NOS(=O)(=O)ON1C(=O)N2C[C@H]1CC[C@H]2C(=O)N1CCC(N)CC1. The van der Waals surface area contributed by atoms with E-state index < -0.39 is 28.5 Å². The number of nitrogens with two attached hydrogens (primary N) is 2. The largest absolute Gasteiger partial charge is 0.437 e. The third-order valence-corrected chi connectivity index (χ3v) is 5.33. The van der Waals surface area contributed by atoms with Gasteiger partial charge in [0.1, 0.15) is 6.04 Å². The van der Waals surface area contributed by atoms with E-state index >= 15 is 0 Å². The van der Waals surface area contributed by atoms with Crippen molar-refractivity contribution >= 4 is 22.3 Å². The van der Waals surface area contributed by atoms with Crippen LogP contribution in [0.5, 0.6) is 0 Å². The lowest BCUT2D eigenvalue weighted by molar-refractivity contribution is -0.137. The first-order chi connectivity index (χ1) is 11.3. The lowest BCUT2D eigenvalue weighted by Gasteiger charge is -2.36. The maximum absolute atomic E-state index is 12.7. The topological polar surface area (TPSA) is 148 Å². The Kier molecular flexibility index (Phi) is 4.66. The van der Waals surface area contributed by atoms with Crippen LogP contribution in [0.2, 0.25) is 0 Å². The van der Waals surface area contributed by atoms with Crippen LogP contribution in [0.1, 0.15) is 25.7 Å². The molecule has 24 heavy (non-hydrogen) atoms. The first-order valence-corrected chi connectivity index (χ1v) is 9.13. The minimum absolute atomic E-state index is 0.101. The van der Waals surface area contributed by atoms with Gasteiger partial charge in [-0.1, -0.05) is 0 Å². The van der Waals surface area contributed by atoms with Crippen LogP contribution in [-0.2, 0) is 23.8 Å². The number of nitrogens with zero attached hydrogens (tertiary/aromatic N) is 3. The van der Waals surface area contributed by atoms with E-state index in [1.807, 2.05) is 0 Å². The number of carbonyl (C=O) groups is 2. The Bertz CT molecular complexity index is 619. The number of piperidine rings is 2. The number of fused-ring (bicyclic) bond motifs is 2. The number of likely N-dealkylation sites (tertiary alicyclic amines) is 1. The number of hydroxylamine groups is 2. The summed E-state index contributed by atoms with van der Waals surface area (Å²) >= 11 is 0. The van der Waals surface area contributed by atoms with Crippen LogP contribution in [0.4, 0.5) is 4.79 Å². The van der Waals surface area contributed by atoms with Crippen LogP contribution in [0.15, 0.2) is 0 Å². The summed E-state index contributed by atoms with van der Waals surface area (Å²) in [5, 5.41) is 0.724. The van der Waals surface area contributed by atoms with Gasteiger partial charge in [0.25, 0.3) is 0 Å². The van der Waals surface area contributed by atoms with E-state index in [1.54, 1.807) is 4.90 Å². The lowest BCUT2D eigenvalue weighted by atomic mass is 9.98. The molecule has 4 N–H and O–H groups in total. The highest BCUT2D eigenvalue weighted by Gasteiger charge is 2.50. The molecule has 2 bridgehead atoms. The van der Waals surface area contributed by atoms with Crippen LogP contribution < -0.4 is 11.6 Å². The third-order valence-electron chi connectivity index (χ3n) is 4.75. The number of urea groups is 1. The van der Waals surface area contributed by atoms with E-state index in [1.165, 1.54) is 4.90 Å². The van der Waals surface area contributed by atoms with Crippen molar-refractivity contribution in [3.8, 4) is 0 Å². The van der Waals surface area contributed by atoms with Gasteiger partial charge in [0, 0.05) is 25.7 Å². The minimum Gasteiger partial charge on any atom is -0.341 e. The molecule has 3 aliphatic rings. The van der Waals surface area contributed by atoms with Crippen LogP contribution in [-0.4, -0.2) is 73.0 Å². The van der Waals surface area contributed by atoms with Crippen molar-refractivity contribution in [1.29, 1.82) is 0 Å². The summed E-state index contributed by atoms with van der Waals surface area (Å²) < 4.78 is 30.9. The van der Waals surface area contributed by atoms with Gasteiger partial charge in [0.15, 0.2) is 0 Å². The summed E-state index contributed by atoms with van der Waals surface area (Å²) in [5.41, 5.74) is 5.84. The third kappa shape index (κ3) is 3.19. The Morgan fingerprint density at radius 2 is 1.83 bits per heavy atom. The average Bonchev–Trinajstić information content (AvgIpc) is 2.80. The highest BCUT2D eigenvalue weighted by Crippen LogP contribution is 2.32. The Hall–Kier alpha value is -1.47. The zero-order valence-corrected chi connectivity index (χ0v) is 13.9. The second-order valence-corrected chi connectivity index (χ2v) is 7.41. The maximum atomic E-state index is 12.7. The molecule has 12 heteroatoms. The molecular weight excluding hydrogens is 342 g/mol. The van der Waals surface area contributed by atoms with Crippen molar-refractivity contribution in [2.75, 3.05) is 19.6 Å². The molecule has 11 nitrogen and oxygen atoms in total. The van der Waals surface area contributed by atoms with Crippen molar-refractivity contribution in [2.24, 2.45) is 11.6 Å². The molecule has 0 aliphatic carbocycles. The molecule has 3 fully saturated rings. The van der Waals surface area contributed by atoms with Gasteiger partial charge in [0.2, 0.25) is 5.91 Å². The van der Waals surface area contributed by atoms with Gasteiger partial charge in [-0.25, -0.2) is 4.79 Å². The second-order valence-electron chi connectivity index (χ2n) is 6.25. The van der Waals surface area contributed by atoms with Crippen molar-refractivity contribution in [2.45, 2.75) is 43.8 Å². The molecule has 0 unspecified atom stereocenters. The van der Waals surface area contributed by atoms with Crippen molar-refractivity contribution in [3.05, 3.63) is 0 Å². The Morgan fingerprint density at radius 3 is 2.46 bits per heavy atom. The lowest BCUT2D eigenvalue weighted by Crippen LogP contribution is -2.53. The summed E-state index contributed by atoms with van der Waals surface area (Å²) in [6.45, 7) is 1.36. The van der Waals surface area contributed by atoms with Crippen molar-refractivity contribution in [1.82, 2.24) is 14.9 Å². The monoisotopic (exact) mass is 363 g/mol. The fraction of sp³-hybridized carbons (Fsp3) is 0.833. The number of hydrogen-bond donors (Lipinski definition) is 2. The zero-order valence-electron chi connectivity index (χ0n) is 13.0. The average molecular weight is 363 g/mol. The summed E-state index contributed by atoms with van der Waals surface area (Å²) in [6.07, 6.45) is 2.36. The molecule has 3 aliphatic heterocycles. The van der Waals surface area contributed by atoms with E-state index in [4.69, 9.17) is 5.73 Å². The number of carbonyl (C=O) groups excluding carboxylic acids is 2. The van der Waals surface area contributed by atoms with Crippen LogP contribution >= 0.6 is 0 Å². The Balaban J connectivity index is 1.69. The Labute approximate surface area is 139 Å². The molecule has 0 aromatic heterocycles. The number of hydrogen-bond acceptors (Lipinski definition) is 8. The molecule has 3 rings (SSSR count). The summed E-state index contributed by atoms with van der Waals surface area (Å²) in [5.74, 6) is 4.48. The van der Waals surface area contributed by atoms with Gasteiger partial charge in [-0.2, -0.15) is 23.7 Å². The summed E-state index contributed by atoms with van der Waals surface area (Å²) in [7, 11) is -4.49. The smallest absolute Gasteiger partial charge is 0.341 e. The number of rotatable bonds is 4. The first-order valence-electron chi connectivity index (χ1n) is 7.79. The van der Waals surface area contributed by atoms with Gasteiger partial charge in [-0.05, 0) is 25.7 Å². The van der Waals surface area contributed by atoms with E-state index in [-0.39, 0.29) is 18.5 Å². The standard InChI is InChI=1S/C12H21N5O6S/c13-8-3-5-15(6-4-8)11(18)10-2-1-9-7-16(10)12(19)17(9)23-24(20,21)22-14/h8-10H,1-7,13-14H2/t9-,10+/m1/s1. The van der Waals surface area contributed by atoms with Gasteiger partial charge < -0.3 is 15.5 Å². The molecule has 3 amide bonds. The van der Waals surface area contributed by atoms with Gasteiger partial charge in [-0.15, -0.1) is 4.28 Å². The molecule has 2 atom stereocenters. The normalized spacial score (nSPS) is 28.6. The summed E-state index contributed by atoms with van der Waals surface area (Å²) in [6, 6.07) is -1.65. The van der Waals surface area contributed by atoms with Crippen LogP contribution in [0.3, 0.4) is 0 Å². The van der Waals surface area contributed by atoms with Crippen LogP contribution in [0, 0.1) is 0 Å². The number of amides is 3. The van der Waals surface area contributed by atoms with Gasteiger partial charge in [0.05, 0.1) is 6.04 Å².